The average Bonchev–Trinajstić information content (AvgIpc) is 2.31. The number of hydrogen-bond acceptors (Lipinski definition) is 3. The van der Waals surface area contributed by atoms with E-state index in [-0.39, 0.29) is 6.61 Å². The summed E-state index contributed by atoms with van der Waals surface area (Å²) >= 11 is 0. The lowest BCUT2D eigenvalue weighted by Gasteiger charge is -2.24. The van der Waals surface area contributed by atoms with Gasteiger partial charge < -0.3 is 15.2 Å². The van der Waals surface area contributed by atoms with Crippen LogP contribution in [0.2, 0.25) is 0 Å². The molecule has 0 atom stereocenters. The maximum atomic E-state index is 9.02. The number of ether oxygens (including phenoxy) is 1. The van der Waals surface area contributed by atoms with Crippen molar-refractivity contribution in [2.45, 2.75) is 25.5 Å². The Hall–Kier alpha value is -1.06. The van der Waals surface area contributed by atoms with Crippen LogP contribution in [0.5, 0.6) is 0 Å². The molecule has 1 saturated heterocycles. The number of hydrogen-bond donors (Lipinski definition) is 2. The summed E-state index contributed by atoms with van der Waals surface area (Å²) in [6.45, 7) is 1.79. The van der Waals surface area contributed by atoms with Crippen LogP contribution in [0.4, 0.5) is 5.69 Å². The summed E-state index contributed by atoms with van der Waals surface area (Å²) in [5.41, 5.74) is 2.04. The Morgan fingerprint density at radius 1 is 1.33 bits per heavy atom. The molecule has 15 heavy (non-hydrogen) atoms. The molecule has 3 nitrogen and oxygen atoms in total. The normalized spacial score (nSPS) is 17.7. The van der Waals surface area contributed by atoms with E-state index in [1.165, 1.54) is 0 Å². The molecule has 1 fully saturated rings. The molecule has 2 N–H and O–H groups in total. The third-order valence-corrected chi connectivity index (χ3v) is 2.70. The van der Waals surface area contributed by atoms with Crippen LogP contribution >= 0.6 is 0 Å². The second-order valence-corrected chi connectivity index (χ2v) is 3.89. The number of aliphatic hydroxyl groups excluding tert-OH is 1. The van der Waals surface area contributed by atoms with Gasteiger partial charge in [-0.25, -0.2) is 0 Å². The summed E-state index contributed by atoms with van der Waals surface area (Å²) in [4.78, 5) is 0. The molecule has 2 rings (SSSR count). The van der Waals surface area contributed by atoms with Crippen LogP contribution in [0.1, 0.15) is 18.4 Å². The molecule has 1 aromatic carbocycles. The number of aliphatic hydroxyl groups is 1. The highest BCUT2D eigenvalue weighted by Gasteiger charge is 2.12. The summed E-state index contributed by atoms with van der Waals surface area (Å²) in [6.07, 6.45) is 2.12. The van der Waals surface area contributed by atoms with E-state index in [0.29, 0.717) is 6.04 Å². The Bertz CT molecular complexity index is 308. The van der Waals surface area contributed by atoms with Gasteiger partial charge >= 0.3 is 0 Å². The van der Waals surface area contributed by atoms with Gasteiger partial charge in [0.15, 0.2) is 0 Å². The van der Waals surface area contributed by atoms with E-state index < -0.39 is 0 Å². The van der Waals surface area contributed by atoms with E-state index in [9.17, 15) is 0 Å². The largest absolute Gasteiger partial charge is 0.392 e. The topological polar surface area (TPSA) is 41.5 Å². The molecule has 0 amide bonds. The zero-order chi connectivity index (χ0) is 10.5. The summed E-state index contributed by atoms with van der Waals surface area (Å²) in [5, 5.41) is 12.5. The van der Waals surface area contributed by atoms with Crippen molar-refractivity contribution in [1.82, 2.24) is 0 Å². The first-order chi connectivity index (χ1) is 7.38. The van der Waals surface area contributed by atoms with Crippen LogP contribution in [0.15, 0.2) is 24.3 Å². The van der Waals surface area contributed by atoms with Crippen LogP contribution < -0.4 is 5.32 Å². The lowest BCUT2D eigenvalue weighted by Crippen LogP contribution is -2.27. The lowest BCUT2D eigenvalue weighted by atomic mass is 10.1. The molecule has 1 aliphatic rings. The average molecular weight is 207 g/mol. The van der Waals surface area contributed by atoms with Crippen molar-refractivity contribution < 1.29 is 9.84 Å². The molecule has 0 aliphatic carbocycles. The molecular weight excluding hydrogens is 190 g/mol. The van der Waals surface area contributed by atoms with Gasteiger partial charge in [-0.15, -0.1) is 0 Å². The third-order valence-electron chi connectivity index (χ3n) is 2.70. The minimum absolute atomic E-state index is 0.100. The van der Waals surface area contributed by atoms with E-state index in [4.69, 9.17) is 9.84 Å². The second kappa shape index (κ2) is 5.14. The molecular formula is C12H17NO2. The van der Waals surface area contributed by atoms with Gasteiger partial charge in [-0.2, -0.15) is 0 Å². The van der Waals surface area contributed by atoms with Gasteiger partial charge in [0.05, 0.1) is 6.61 Å². The first-order valence-corrected chi connectivity index (χ1v) is 5.42. The Morgan fingerprint density at radius 2 is 2.13 bits per heavy atom. The van der Waals surface area contributed by atoms with Crippen molar-refractivity contribution in [2.75, 3.05) is 18.5 Å². The standard InChI is InChI=1S/C12H17NO2/c14-9-10-2-1-3-12(8-10)13-11-4-6-15-7-5-11/h1-3,8,11,13-14H,4-7,9H2. The van der Waals surface area contributed by atoms with Gasteiger partial charge in [0.2, 0.25) is 0 Å². The zero-order valence-corrected chi connectivity index (χ0v) is 8.78. The molecule has 82 valence electrons. The van der Waals surface area contributed by atoms with Gasteiger partial charge in [0, 0.05) is 24.9 Å². The first kappa shape index (κ1) is 10.5. The predicted octanol–water partition coefficient (Wildman–Crippen LogP) is 1.77. The van der Waals surface area contributed by atoms with E-state index in [2.05, 4.69) is 5.32 Å². The van der Waals surface area contributed by atoms with E-state index >= 15 is 0 Å². The van der Waals surface area contributed by atoms with Crippen molar-refractivity contribution >= 4 is 5.69 Å². The van der Waals surface area contributed by atoms with Crippen LogP contribution in [-0.2, 0) is 11.3 Å². The number of nitrogens with one attached hydrogen (secondary N) is 1. The van der Waals surface area contributed by atoms with E-state index in [1.54, 1.807) is 0 Å². The molecule has 0 unspecified atom stereocenters. The highest BCUT2D eigenvalue weighted by atomic mass is 16.5. The zero-order valence-electron chi connectivity index (χ0n) is 8.78. The van der Waals surface area contributed by atoms with Crippen LogP contribution in [0.3, 0.4) is 0 Å². The number of anilines is 1. The Morgan fingerprint density at radius 3 is 2.87 bits per heavy atom. The van der Waals surface area contributed by atoms with Gasteiger partial charge in [0.25, 0.3) is 0 Å². The maximum absolute atomic E-state index is 9.02. The molecule has 0 saturated carbocycles. The number of rotatable bonds is 3. The molecule has 1 aliphatic heterocycles. The smallest absolute Gasteiger partial charge is 0.0682 e. The SMILES string of the molecule is OCc1cccc(NC2CCOCC2)c1. The van der Waals surface area contributed by atoms with Crippen molar-refractivity contribution in [2.24, 2.45) is 0 Å². The summed E-state index contributed by atoms with van der Waals surface area (Å²) in [7, 11) is 0. The molecule has 3 heteroatoms. The second-order valence-electron chi connectivity index (χ2n) is 3.89. The summed E-state index contributed by atoms with van der Waals surface area (Å²) < 4.78 is 5.30. The minimum Gasteiger partial charge on any atom is -0.392 e. The van der Waals surface area contributed by atoms with Crippen LogP contribution in [-0.4, -0.2) is 24.4 Å². The highest BCUT2D eigenvalue weighted by molar-refractivity contribution is 5.46. The first-order valence-electron chi connectivity index (χ1n) is 5.42. The Labute approximate surface area is 90.1 Å². The van der Waals surface area contributed by atoms with Crippen molar-refractivity contribution in [3.05, 3.63) is 29.8 Å². The highest BCUT2D eigenvalue weighted by Crippen LogP contribution is 2.16. The molecule has 0 bridgehead atoms. The summed E-state index contributed by atoms with van der Waals surface area (Å²) in [5.74, 6) is 0. The fraction of sp³-hybridized carbons (Fsp3) is 0.500. The van der Waals surface area contributed by atoms with E-state index in [0.717, 1.165) is 37.3 Å². The molecule has 0 spiro atoms. The Balaban J connectivity index is 1.96. The van der Waals surface area contributed by atoms with Gasteiger partial charge in [-0.05, 0) is 30.5 Å². The van der Waals surface area contributed by atoms with Crippen molar-refractivity contribution in [3.8, 4) is 0 Å². The Kier molecular flexibility index (Phi) is 3.59. The minimum atomic E-state index is 0.100. The monoisotopic (exact) mass is 207 g/mol. The van der Waals surface area contributed by atoms with Gasteiger partial charge in [-0.1, -0.05) is 12.1 Å². The lowest BCUT2D eigenvalue weighted by molar-refractivity contribution is 0.0904. The molecule has 1 heterocycles. The van der Waals surface area contributed by atoms with Gasteiger partial charge in [0.1, 0.15) is 0 Å². The van der Waals surface area contributed by atoms with Crippen molar-refractivity contribution in [3.63, 3.8) is 0 Å². The molecule has 0 radical (unpaired) electrons. The van der Waals surface area contributed by atoms with Crippen molar-refractivity contribution in [1.29, 1.82) is 0 Å². The molecule has 1 aromatic rings. The quantitative estimate of drug-likeness (QED) is 0.793. The predicted molar refractivity (Wildman–Crippen MR) is 59.8 cm³/mol. The summed E-state index contributed by atoms with van der Waals surface area (Å²) in [6, 6.07) is 8.43. The fourth-order valence-corrected chi connectivity index (χ4v) is 1.84. The number of benzene rings is 1. The molecule has 0 aromatic heterocycles. The maximum Gasteiger partial charge on any atom is 0.0682 e. The van der Waals surface area contributed by atoms with Gasteiger partial charge in [-0.3, -0.25) is 0 Å². The van der Waals surface area contributed by atoms with E-state index in [1.807, 2.05) is 24.3 Å². The third kappa shape index (κ3) is 2.94. The fourth-order valence-electron chi connectivity index (χ4n) is 1.84. The van der Waals surface area contributed by atoms with Crippen LogP contribution in [0, 0.1) is 0 Å². The van der Waals surface area contributed by atoms with Crippen LogP contribution in [0.25, 0.3) is 0 Å².